The number of ketones is 1. The van der Waals surface area contributed by atoms with Crippen LogP contribution in [-0.4, -0.2) is 18.4 Å². The van der Waals surface area contributed by atoms with Crippen LogP contribution in [0.15, 0.2) is 138 Å². The SMILES string of the molecule is CCOc1ccc2oc(-c3ccccc3)c(C(=O)Oc3ccccc3/C=C/C(=O)c3ccc(-c4ccccc4)cc3)c2c1. The summed E-state index contributed by atoms with van der Waals surface area (Å²) in [7, 11) is 0. The van der Waals surface area contributed by atoms with E-state index in [1.807, 2.05) is 104 Å². The molecule has 5 nitrogen and oxygen atoms in total. The van der Waals surface area contributed by atoms with Gasteiger partial charge in [0.25, 0.3) is 0 Å². The van der Waals surface area contributed by atoms with Gasteiger partial charge in [-0.2, -0.15) is 0 Å². The Hall–Kier alpha value is -5.68. The molecular formula is C38H28O5. The normalized spacial score (nSPS) is 11.1. The van der Waals surface area contributed by atoms with Crippen LogP contribution in [0.4, 0.5) is 0 Å². The molecule has 0 saturated carbocycles. The van der Waals surface area contributed by atoms with Crippen LogP contribution in [0.1, 0.15) is 33.2 Å². The molecule has 0 aliphatic carbocycles. The Bertz CT molecular complexity index is 1920. The van der Waals surface area contributed by atoms with Crippen LogP contribution >= 0.6 is 0 Å². The summed E-state index contributed by atoms with van der Waals surface area (Å²) in [5.74, 6) is 0.635. The summed E-state index contributed by atoms with van der Waals surface area (Å²) in [5.41, 5.74) is 4.88. The third-order valence-corrected chi connectivity index (χ3v) is 7.02. The fraction of sp³-hybridized carbons (Fsp3) is 0.0526. The van der Waals surface area contributed by atoms with Crippen molar-refractivity contribution in [3.63, 3.8) is 0 Å². The molecule has 0 bridgehead atoms. The summed E-state index contributed by atoms with van der Waals surface area (Å²) in [6, 6.07) is 39.4. The number of benzene rings is 5. The lowest BCUT2D eigenvalue weighted by atomic mass is 10.0. The first kappa shape index (κ1) is 27.5. The molecule has 210 valence electrons. The van der Waals surface area contributed by atoms with Crippen molar-refractivity contribution in [2.75, 3.05) is 6.61 Å². The predicted octanol–water partition coefficient (Wildman–Crippen LogP) is 9.28. The number of allylic oxidation sites excluding steroid dienone is 1. The highest BCUT2D eigenvalue weighted by Gasteiger charge is 2.25. The molecule has 0 N–H and O–H groups in total. The summed E-state index contributed by atoms with van der Waals surface area (Å²) >= 11 is 0. The monoisotopic (exact) mass is 564 g/mol. The average molecular weight is 565 g/mol. The molecule has 43 heavy (non-hydrogen) atoms. The minimum atomic E-state index is -0.574. The number of esters is 1. The molecule has 0 unspecified atom stereocenters. The number of hydrogen-bond acceptors (Lipinski definition) is 5. The number of hydrogen-bond donors (Lipinski definition) is 0. The molecule has 0 fully saturated rings. The third-order valence-electron chi connectivity index (χ3n) is 7.02. The summed E-state index contributed by atoms with van der Waals surface area (Å²) in [6.07, 6.45) is 3.15. The van der Waals surface area contributed by atoms with Crippen LogP contribution in [0, 0.1) is 0 Å². The first-order valence-electron chi connectivity index (χ1n) is 14.0. The largest absolute Gasteiger partial charge is 0.494 e. The van der Waals surface area contributed by atoms with E-state index in [1.54, 1.807) is 36.4 Å². The second-order valence-electron chi connectivity index (χ2n) is 9.83. The van der Waals surface area contributed by atoms with E-state index in [1.165, 1.54) is 6.08 Å². The van der Waals surface area contributed by atoms with Gasteiger partial charge in [-0.15, -0.1) is 0 Å². The van der Waals surface area contributed by atoms with E-state index in [0.717, 1.165) is 16.7 Å². The zero-order valence-electron chi connectivity index (χ0n) is 23.5. The van der Waals surface area contributed by atoms with Crippen molar-refractivity contribution in [2.45, 2.75) is 6.92 Å². The fourth-order valence-electron chi connectivity index (χ4n) is 4.91. The molecule has 0 atom stereocenters. The first-order valence-corrected chi connectivity index (χ1v) is 14.0. The number of carbonyl (C=O) groups is 2. The standard InChI is InChI=1S/C38H28O5/c1-2-41-31-22-24-35-32(25-31)36(37(42-35)30-14-7-4-8-15-30)38(40)43-34-16-10-9-13-29(34)21-23-33(39)28-19-17-27(18-20-28)26-11-5-3-6-12-26/h3-25H,2H2,1H3/b23-21+. The summed E-state index contributed by atoms with van der Waals surface area (Å²) in [6.45, 7) is 2.39. The van der Waals surface area contributed by atoms with Crippen LogP contribution in [-0.2, 0) is 0 Å². The van der Waals surface area contributed by atoms with E-state index in [0.29, 0.717) is 51.5 Å². The highest BCUT2D eigenvalue weighted by atomic mass is 16.5. The van der Waals surface area contributed by atoms with Crippen molar-refractivity contribution >= 4 is 28.8 Å². The first-order chi connectivity index (χ1) is 21.1. The molecule has 0 saturated heterocycles. The number of ether oxygens (including phenoxy) is 2. The molecule has 6 aromatic rings. The van der Waals surface area contributed by atoms with Crippen molar-refractivity contribution in [1.82, 2.24) is 0 Å². The Morgan fingerprint density at radius 3 is 2.09 bits per heavy atom. The van der Waals surface area contributed by atoms with Crippen molar-refractivity contribution in [1.29, 1.82) is 0 Å². The Morgan fingerprint density at radius 2 is 1.37 bits per heavy atom. The highest BCUT2D eigenvalue weighted by molar-refractivity contribution is 6.10. The third kappa shape index (κ3) is 6.02. The lowest BCUT2D eigenvalue weighted by Crippen LogP contribution is -2.10. The number of carbonyl (C=O) groups excluding carboxylic acids is 2. The zero-order chi connectivity index (χ0) is 29.6. The molecule has 1 aromatic heterocycles. The van der Waals surface area contributed by atoms with E-state index in [-0.39, 0.29) is 5.78 Å². The maximum Gasteiger partial charge on any atom is 0.348 e. The summed E-state index contributed by atoms with van der Waals surface area (Å²) in [4.78, 5) is 26.8. The lowest BCUT2D eigenvalue weighted by molar-refractivity contribution is 0.0736. The second kappa shape index (κ2) is 12.5. The van der Waals surface area contributed by atoms with Gasteiger partial charge in [-0.3, -0.25) is 4.79 Å². The number of furan rings is 1. The molecule has 5 aromatic carbocycles. The summed E-state index contributed by atoms with van der Waals surface area (Å²) < 4.78 is 17.8. The van der Waals surface area contributed by atoms with Gasteiger partial charge in [0.15, 0.2) is 5.78 Å². The smallest absolute Gasteiger partial charge is 0.348 e. The van der Waals surface area contributed by atoms with Gasteiger partial charge in [0.05, 0.1) is 6.61 Å². The molecule has 0 radical (unpaired) electrons. The molecular weight excluding hydrogens is 536 g/mol. The van der Waals surface area contributed by atoms with E-state index in [2.05, 4.69) is 0 Å². The maximum absolute atomic E-state index is 13.8. The Kier molecular flexibility index (Phi) is 7.96. The Balaban J connectivity index is 1.28. The van der Waals surface area contributed by atoms with Crippen molar-refractivity contribution < 1.29 is 23.5 Å². The van der Waals surface area contributed by atoms with Crippen LogP contribution in [0.3, 0.4) is 0 Å². The van der Waals surface area contributed by atoms with Gasteiger partial charge in [-0.1, -0.05) is 103 Å². The minimum Gasteiger partial charge on any atom is -0.494 e. The Labute approximate surface area is 249 Å². The molecule has 6 rings (SSSR count). The molecule has 0 amide bonds. The van der Waals surface area contributed by atoms with E-state index in [4.69, 9.17) is 13.9 Å². The number of para-hydroxylation sites is 1. The van der Waals surface area contributed by atoms with Crippen molar-refractivity contribution in [2.24, 2.45) is 0 Å². The number of rotatable bonds is 9. The minimum absolute atomic E-state index is 0.156. The van der Waals surface area contributed by atoms with Crippen molar-refractivity contribution in [3.05, 3.63) is 150 Å². The second-order valence-corrected chi connectivity index (χ2v) is 9.83. The van der Waals surface area contributed by atoms with Gasteiger partial charge in [0.2, 0.25) is 0 Å². The van der Waals surface area contributed by atoms with Gasteiger partial charge in [0.1, 0.15) is 28.4 Å². The average Bonchev–Trinajstić information content (AvgIpc) is 3.44. The van der Waals surface area contributed by atoms with Gasteiger partial charge >= 0.3 is 5.97 Å². The highest BCUT2D eigenvalue weighted by Crippen LogP contribution is 2.36. The van der Waals surface area contributed by atoms with Gasteiger partial charge < -0.3 is 13.9 Å². The van der Waals surface area contributed by atoms with E-state index in [9.17, 15) is 9.59 Å². The zero-order valence-corrected chi connectivity index (χ0v) is 23.5. The van der Waals surface area contributed by atoms with Crippen molar-refractivity contribution in [3.8, 4) is 33.9 Å². The fourth-order valence-corrected chi connectivity index (χ4v) is 4.91. The van der Waals surface area contributed by atoms with Crippen LogP contribution < -0.4 is 9.47 Å². The van der Waals surface area contributed by atoms with Gasteiger partial charge in [-0.25, -0.2) is 4.79 Å². The van der Waals surface area contributed by atoms with Gasteiger partial charge in [0, 0.05) is 22.1 Å². The molecule has 1 heterocycles. The van der Waals surface area contributed by atoms with E-state index >= 15 is 0 Å². The Morgan fingerprint density at radius 1 is 0.721 bits per heavy atom. The molecule has 0 aliphatic rings. The molecule has 0 aliphatic heterocycles. The quantitative estimate of drug-likeness (QED) is 0.0758. The topological polar surface area (TPSA) is 65.7 Å². The lowest BCUT2D eigenvalue weighted by Gasteiger charge is -2.09. The molecule has 0 spiro atoms. The predicted molar refractivity (Wildman–Crippen MR) is 169 cm³/mol. The van der Waals surface area contributed by atoms with E-state index < -0.39 is 5.97 Å². The van der Waals surface area contributed by atoms with Gasteiger partial charge in [-0.05, 0) is 54.5 Å². The maximum atomic E-state index is 13.8. The number of fused-ring (bicyclic) bond motifs is 1. The van der Waals surface area contributed by atoms with Crippen LogP contribution in [0.2, 0.25) is 0 Å². The molecule has 5 heteroatoms. The van der Waals surface area contributed by atoms with Crippen LogP contribution in [0.5, 0.6) is 11.5 Å². The summed E-state index contributed by atoms with van der Waals surface area (Å²) in [5, 5.41) is 0.594. The van der Waals surface area contributed by atoms with Crippen LogP contribution in [0.25, 0.3) is 39.5 Å².